The quantitative estimate of drug-likeness (QED) is 0.793. The molecule has 102 valence electrons. The predicted octanol–water partition coefficient (Wildman–Crippen LogP) is 1.95. The summed E-state index contributed by atoms with van der Waals surface area (Å²) in [4.78, 5) is 11.4. The van der Waals surface area contributed by atoms with Crippen molar-refractivity contribution < 1.29 is 0 Å². The molecule has 0 amide bonds. The molecule has 2 aromatic heterocycles. The molecule has 7 heteroatoms. The second kappa shape index (κ2) is 5.26. The van der Waals surface area contributed by atoms with Gasteiger partial charge in [0.05, 0.1) is 18.1 Å². The number of thioether (sulfide) groups is 1. The Bertz CT molecular complexity index is 599. The zero-order valence-electron chi connectivity index (χ0n) is 11.0. The van der Waals surface area contributed by atoms with Gasteiger partial charge in [0.1, 0.15) is 11.0 Å². The Kier molecular flexibility index (Phi) is 3.64. The topological polar surface area (TPSA) is 46.8 Å². The first kappa shape index (κ1) is 13.1. The standard InChI is InChI=1S/C12H16ClN5S/c1-8-7-19-4-3-18(8)6-10-15-11(13)9-5-14-17(2)12(9)16-10/h5,8H,3-4,6-7H2,1-2H3. The first-order valence-corrected chi connectivity index (χ1v) is 7.84. The molecule has 3 rings (SSSR count). The second-order valence-corrected chi connectivity index (χ2v) is 6.34. The fraction of sp³-hybridized carbons (Fsp3) is 0.583. The molecule has 0 aliphatic carbocycles. The van der Waals surface area contributed by atoms with E-state index in [0.29, 0.717) is 11.2 Å². The molecule has 5 nitrogen and oxygen atoms in total. The lowest BCUT2D eigenvalue weighted by Crippen LogP contribution is -2.40. The zero-order valence-corrected chi connectivity index (χ0v) is 12.6. The lowest BCUT2D eigenvalue weighted by atomic mass is 10.3. The Balaban J connectivity index is 1.90. The molecule has 0 N–H and O–H groups in total. The third-order valence-electron chi connectivity index (χ3n) is 3.44. The van der Waals surface area contributed by atoms with Gasteiger partial charge in [0.2, 0.25) is 0 Å². The first-order chi connectivity index (χ1) is 9.15. The lowest BCUT2D eigenvalue weighted by molar-refractivity contribution is 0.218. The summed E-state index contributed by atoms with van der Waals surface area (Å²) in [5.41, 5.74) is 0.800. The summed E-state index contributed by atoms with van der Waals surface area (Å²) in [7, 11) is 1.87. The van der Waals surface area contributed by atoms with Crippen LogP contribution in [0.15, 0.2) is 6.20 Å². The number of aromatic nitrogens is 4. The largest absolute Gasteiger partial charge is 0.292 e. The van der Waals surface area contributed by atoms with Gasteiger partial charge in [-0.05, 0) is 6.92 Å². The molecule has 0 saturated carbocycles. The van der Waals surface area contributed by atoms with Crippen LogP contribution in [-0.2, 0) is 13.6 Å². The van der Waals surface area contributed by atoms with E-state index in [1.54, 1.807) is 10.9 Å². The Morgan fingerprint density at radius 1 is 1.47 bits per heavy atom. The minimum absolute atomic E-state index is 0.493. The van der Waals surface area contributed by atoms with Crippen molar-refractivity contribution in [1.82, 2.24) is 24.6 Å². The minimum Gasteiger partial charge on any atom is -0.292 e. The van der Waals surface area contributed by atoms with Crippen LogP contribution < -0.4 is 0 Å². The average Bonchev–Trinajstić information content (AvgIpc) is 2.75. The van der Waals surface area contributed by atoms with E-state index in [9.17, 15) is 0 Å². The summed E-state index contributed by atoms with van der Waals surface area (Å²) >= 11 is 8.21. The van der Waals surface area contributed by atoms with Gasteiger partial charge in [-0.15, -0.1) is 0 Å². The normalized spacial score (nSPS) is 21.1. The summed E-state index contributed by atoms with van der Waals surface area (Å²) in [6.45, 7) is 4.08. The van der Waals surface area contributed by atoms with Crippen LogP contribution in [0, 0.1) is 0 Å². The summed E-state index contributed by atoms with van der Waals surface area (Å²) in [6.07, 6.45) is 1.71. The molecule has 1 atom stereocenters. The van der Waals surface area contributed by atoms with Crippen LogP contribution in [-0.4, -0.2) is 48.7 Å². The molecule has 0 aromatic carbocycles. The monoisotopic (exact) mass is 297 g/mol. The van der Waals surface area contributed by atoms with Crippen molar-refractivity contribution in [2.24, 2.45) is 7.05 Å². The molecule has 1 fully saturated rings. The maximum Gasteiger partial charge on any atom is 0.162 e. The van der Waals surface area contributed by atoms with Crippen LogP contribution in [0.5, 0.6) is 0 Å². The van der Waals surface area contributed by atoms with E-state index in [4.69, 9.17) is 11.6 Å². The number of fused-ring (bicyclic) bond motifs is 1. The van der Waals surface area contributed by atoms with Crippen molar-refractivity contribution in [2.75, 3.05) is 18.1 Å². The molecule has 3 heterocycles. The highest BCUT2D eigenvalue weighted by Crippen LogP contribution is 2.22. The third-order valence-corrected chi connectivity index (χ3v) is 4.92. The van der Waals surface area contributed by atoms with Gasteiger partial charge in [-0.3, -0.25) is 9.58 Å². The molecule has 0 radical (unpaired) electrons. The number of hydrogen-bond donors (Lipinski definition) is 0. The van der Waals surface area contributed by atoms with Crippen LogP contribution in [0.1, 0.15) is 12.7 Å². The van der Waals surface area contributed by atoms with Crippen molar-refractivity contribution in [3.05, 3.63) is 17.2 Å². The molecular formula is C12H16ClN5S. The molecule has 0 bridgehead atoms. The highest BCUT2D eigenvalue weighted by Gasteiger charge is 2.20. The van der Waals surface area contributed by atoms with E-state index < -0.39 is 0 Å². The van der Waals surface area contributed by atoms with Gasteiger partial charge >= 0.3 is 0 Å². The molecular weight excluding hydrogens is 282 g/mol. The van der Waals surface area contributed by atoms with Gasteiger partial charge in [-0.2, -0.15) is 16.9 Å². The van der Waals surface area contributed by atoms with Gasteiger partial charge in [0.25, 0.3) is 0 Å². The van der Waals surface area contributed by atoms with Crippen LogP contribution in [0.3, 0.4) is 0 Å². The summed E-state index contributed by atoms with van der Waals surface area (Å²) in [6, 6.07) is 0.559. The maximum absolute atomic E-state index is 6.20. The highest BCUT2D eigenvalue weighted by molar-refractivity contribution is 7.99. The van der Waals surface area contributed by atoms with E-state index >= 15 is 0 Å². The van der Waals surface area contributed by atoms with Crippen molar-refractivity contribution in [1.29, 1.82) is 0 Å². The van der Waals surface area contributed by atoms with Gasteiger partial charge < -0.3 is 0 Å². The SMILES string of the molecule is CC1CSCCN1Cc1nc(Cl)c2cnn(C)c2n1. The molecule has 1 unspecified atom stereocenters. The van der Waals surface area contributed by atoms with Crippen molar-refractivity contribution in [3.63, 3.8) is 0 Å². The lowest BCUT2D eigenvalue weighted by Gasteiger charge is -2.32. The minimum atomic E-state index is 0.493. The molecule has 2 aromatic rings. The average molecular weight is 298 g/mol. The van der Waals surface area contributed by atoms with Crippen LogP contribution in [0.4, 0.5) is 0 Å². The smallest absolute Gasteiger partial charge is 0.162 e. The van der Waals surface area contributed by atoms with E-state index in [2.05, 4.69) is 26.9 Å². The number of hydrogen-bond acceptors (Lipinski definition) is 5. The van der Waals surface area contributed by atoms with Crippen LogP contribution >= 0.6 is 23.4 Å². The number of aryl methyl sites for hydroxylation is 1. The van der Waals surface area contributed by atoms with Gasteiger partial charge in [0.15, 0.2) is 5.65 Å². The summed E-state index contributed by atoms with van der Waals surface area (Å²) in [5, 5.41) is 5.48. The van der Waals surface area contributed by atoms with Crippen molar-refractivity contribution >= 4 is 34.4 Å². The maximum atomic E-state index is 6.20. The Morgan fingerprint density at radius 2 is 2.32 bits per heavy atom. The van der Waals surface area contributed by atoms with E-state index in [0.717, 1.165) is 29.9 Å². The van der Waals surface area contributed by atoms with Gasteiger partial charge in [-0.25, -0.2) is 9.97 Å². The van der Waals surface area contributed by atoms with Crippen molar-refractivity contribution in [2.45, 2.75) is 19.5 Å². The fourth-order valence-corrected chi connectivity index (χ4v) is 3.59. The first-order valence-electron chi connectivity index (χ1n) is 6.31. The van der Waals surface area contributed by atoms with E-state index in [1.807, 2.05) is 18.8 Å². The van der Waals surface area contributed by atoms with Crippen LogP contribution in [0.2, 0.25) is 5.15 Å². The molecule has 1 aliphatic heterocycles. The fourth-order valence-electron chi connectivity index (χ4n) is 2.28. The summed E-state index contributed by atoms with van der Waals surface area (Å²) in [5.74, 6) is 3.12. The van der Waals surface area contributed by atoms with Gasteiger partial charge in [-0.1, -0.05) is 11.6 Å². The number of nitrogens with zero attached hydrogens (tertiary/aromatic N) is 5. The Morgan fingerprint density at radius 3 is 3.11 bits per heavy atom. The Hall–Kier alpha value is -0.850. The number of rotatable bonds is 2. The third kappa shape index (κ3) is 2.57. The highest BCUT2D eigenvalue weighted by atomic mass is 35.5. The van der Waals surface area contributed by atoms with E-state index in [1.165, 1.54) is 11.5 Å². The molecule has 0 spiro atoms. The number of halogens is 1. The molecule has 1 saturated heterocycles. The van der Waals surface area contributed by atoms with E-state index in [-0.39, 0.29) is 0 Å². The Labute approximate surface area is 121 Å². The van der Waals surface area contributed by atoms with Crippen LogP contribution in [0.25, 0.3) is 11.0 Å². The molecule has 1 aliphatic rings. The second-order valence-electron chi connectivity index (χ2n) is 4.83. The van der Waals surface area contributed by atoms with Crippen molar-refractivity contribution in [3.8, 4) is 0 Å². The molecule has 19 heavy (non-hydrogen) atoms. The predicted molar refractivity (Wildman–Crippen MR) is 78.5 cm³/mol. The van der Waals surface area contributed by atoms with Gasteiger partial charge in [0, 0.05) is 31.1 Å². The zero-order chi connectivity index (χ0) is 13.4. The summed E-state index contributed by atoms with van der Waals surface area (Å²) < 4.78 is 1.74.